The van der Waals surface area contributed by atoms with Crippen molar-refractivity contribution in [1.82, 2.24) is 24.7 Å². The molecular formula is C18H29N5O6. The number of carbonyl (C=O) groups excluding carboxylic acids is 3. The lowest BCUT2D eigenvalue weighted by atomic mass is 10.6. The highest BCUT2D eigenvalue weighted by Crippen LogP contribution is 2.18. The Kier molecular flexibility index (Phi) is 8.28. The Hall–Kier alpha value is -2.79. The van der Waals surface area contributed by atoms with Gasteiger partial charge in [0.1, 0.15) is 0 Å². The van der Waals surface area contributed by atoms with Gasteiger partial charge in [-0.15, -0.1) is 4.73 Å². The number of piperazine rings is 1. The van der Waals surface area contributed by atoms with Crippen molar-refractivity contribution in [2.24, 2.45) is 0 Å². The predicted molar refractivity (Wildman–Crippen MR) is 103 cm³/mol. The van der Waals surface area contributed by atoms with Gasteiger partial charge in [-0.2, -0.15) is 0 Å². The largest absolute Gasteiger partial charge is 0.492 e. The van der Waals surface area contributed by atoms with Crippen LogP contribution in [0.4, 0.5) is 0 Å². The van der Waals surface area contributed by atoms with Gasteiger partial charge in [-0.1, -0.05) is 0 Å². The number of amides is 2. The first-order valence-electron chi connectivity index (χ1n) is 9.48. The fraction of sp³-hybridized carbons (Fsp3) is 0.611. The van der Waals surface area contributed by atoms with Gasteiger partial charge in [-0.3, -0.25) is 14.5 Å². The van der Waals surface area contributed by atoms with E-state index in [1.807, 2.05) is 0 Å². The van der Waals surface area contributed by atoms with E-state index < -0.39 is 17.7 Å². The summed E-state index contributed by atoms with van der Waals surface area (Å²) < 4.78 is 0.576. The zero-order chi connectivity index (χ0) is 21.4. The van der Waals surface area contributed by atoms with Crippen molar-refractivity contribution in [2.75, 3.05) is 59.9 Å². The first kappa shape index (κ1) is 22.5. The molecule has 2 rings (SSSR count). The second-order valence-corrected chi connectivity index (χ2v) is 7.05. The number of nitrogens with zero attached hydrogens (tertiary/aromatic N) is 4. The molecular weight excluding hydrogens is 390 g/mol. The Morgan fingerprint density at radius 2 is 1.72 bits per heavy atom. The monoisotopic (exact) mass is 419 g/mol. The van der Waals surface area contributed by atoms with Crippen molar-refractivity contribution < 1.29 is 29.4 Å². The summed E-state index contributed by atoms with van der Waals surface area (Å²) in [7, 11) is 3.64. The summed E-state index contributed by atoms with van der Waals surface area (Å²) >= 11 is 0. The molecule has 0 spiro atoms. The SMILES string of the molecule is CN1CC[15N](C[13C](=O)NCCN(C)[13C](=O)[13CH2][13CH2][13C](=O)On2c(O)ccc2O)[13CH2][13CH2]1. The second kappa shape index (κ2) is 10.7. The Morgan fingerprint density at radius 1 is 1.10 bits per heavy atom. The molecule has 1 aromatic heterocycles. The van der Waals surface area contributed by atoms with E-state index in [9.17, 15) is 24.6 Å². The summed E-state index contributed by atoms with van der Waals surface area (Å²) in [4.78, 5) is 46.4. The molecule has 3 N–H and O–H groups in total. The molecule has 2 heterocycles. The quantitative estimate of drug-likeness (QED) is 0.325. The molecule has 0 aliphatic carbocycles. The second-order valence-electron chi connectivity index (χ2n) is 7.05. The first-order valence-corrected chi connectivity index (χ1v) is 9.48. The van der Waals surface area contributed by atoms with Crippen LogP contribution in [0, 0.1) is 0 Å². The van der Waals surface area contributed by atoms with Crippen molar-refractivity contribution >= 4 is 17.8 Å². The molecule has 2 amide bonds. The van der Waals surface area contributed by atoms with Gasteiger partial charge < -0.3 is 30.2 Å². The molecule has 1 aliphatic rings. The summed E-state index contributed by atoms with van der Waals surface area (Å²) in [6, 6.07) is 2.33. The molecule has 1 aromatic rings. The van der Waals surface area contributed by atoms with E-state index in [2.05, 4.69) is 22.2 Å². The summed E-state index contributed by atoms with van der Waals surface area (Å²) in [6.45, 7) is 4.59. The Balaban J connectivity index is 1.60. The van der Waals surface area contributed by atoms with Crippen molar-refractivity contribution in [3.05, 3.63) is 12.1 Å². The van der Waals surface area contributed by atoms with Crippen LogP contribution in [-0.2, 0) is 14.4 Å². The maximum Gasteiger partial charge on any atom is 0.333 e. The Labute approximate surface area is 169 Å². The standard InChI is InChI=1S/C18H29N5O6/c1-20-9-11-22(12-10-20)13-14(24)19-7-8-21(2)15(25)5-6-18(28)29-23-16(26)3-4-17(23)27/h3-4,26-27H,5-13H2,1-2H3,(H,19,24)/i5+1,6+1,9+1,11+1,14+1,15+1,18+1,22+1. The normalized spacial score (nSPS) is 15.1. The average molecular weight is 419 g/mol. The minimum absolute atomic E-state index is 0.0784. The smallest absolute Gasteiger partial charge is 0.333 e. The number of likely N-dealkylation sites (N-methyl/N-ethyl adjacent to an activating group) is 2. The van der Waals surface area contributed by atoms with Gasteiger partial charge in [0.2, 0.25) is 23.6 Å². The van der Waals surface area contributed by atoms with Crippen LogP contribution < -0.4 is 10.2 Å². The van der Waals surface area contributed by atoms with Gasteiger partial charge in [0.05, 0.1) is 13.0 Å². The molecule has 0 bridgehead atoms. The number of nitrogens with one attached hydrogen (secondary N) is 1. The van der Waals surface area contributed by atoms with Crippen molar-refractivity contribution in [1.29, 1.82) is 0 Å². The summed E-state index contributed by atoms with van der Waals surface area (Å²) in [5, 5.41) is 21.6. The van der Waals surface area contributed by atoms with Crippen LogP contribution in [0.15, 0.2) is 12.1 Å². The highest BCUT2D eigenvalue weighted by molar-refractivity contribution is 5.81. The first-order chi connectivity index (χ1) is 13.8. The summed E-state index contributed by atoms with van der Waals surface area (Å²) in [6.07, 6.45) is -0.302. The lowest BCUT2D eigenvalue weighted by molar-refractivity contribution is -0.147. The number of hydrogen-bond acceptors (Lipinski definition) is 8. The van der Waals surface area contributed by atoms with Crippen LogP contribution in [-0.4, -0.2) is 107 Å². The molecule has 0 atom stereocenters. The Bertz CT molecular complexity index is 694. The van der Waals surface area contributed by atoms with Crippen LogP contribution in [0.25, 0.3) is 0 Å². The number of aromatic hydroxyl groups is 2. The minimum atomic E-state index is -0.769. The van der Waals surface area contributed by atoms with Crippen molar-refractivity contribution in [3.63, 3.8) is 0 Å². The van der Waals surface area contributed by atoms with E-state index >= 15 is 0 Å². The zero-order valence-corrected chi connectivity index (χ0v) is 16.8. The number of aromatic nitrogens is 1. The molecule has 162 valence electrons. The van der Waals surface area contributed by atoms with Crippen LogP contribution >= 0.6 is 0 Å². The van der Waals surface area contributed by atoms with Crippen molar-refractivity contribution in [2.45, 2.75) is 12.8 Å². The van der Waals surface area contributed by atoms with E-state index in [0.717, 1.165) is 26.2 Å². The van der Waals surface area contributed by atoms with E-state index in [1.165, 1.54) is 17.0 Å². The van der Waals surface area contributed by atoms with Gasteiger partial charge in [-0.05, 0) is 7.05 Å². The zero-order valence-electron chi connectivity index (χ0n) is 16.8. The third-order valence-corrected chi connectivity index (χ3v) is 4.69. The fourth-order valence-corrected chi connectivity index (χ4v) is 2.80. The van der Waals surface area contributed by atoms with Crippen molar-refractivity contribution in [3.8, 4) is 11.8 Å². The van der Waals surface area contributed by atoms with E-state index in [0.29, 0.717) is 24.4 Å². The average Bonchev–Trinajstić information content (AvgIpc) is 2.99. The molecule has 29 heavy (non-hydrogen) atoms. The number of carbonyl (C=O) groups is 3. The lowest BCUT2D eigenvalue weighted by Crippen LogP contribution is -2.48. The van der Waals surface area contributed by atoms with Gasteiger partial charge in [0.15, 0.2) is 0 Å². The maximum atomic E-state index is 12.1. The van der Waals surface area contributed by atoms with Gasteiger partial charge in [-0.25, -0.2) is 4.79 Å². The van der Waals surface area contributed by atoms with E-state index in [-0.39, 0.29) is 24.7 Å². The van der Waals surface area contributed by atoms with Gasteiger partial charge in [0, 0.05) is 64.9 Å². The fourth-order valence-electron chi connectivity index (χ4n) is 2.80. The van der Waals surface area contributed by atoms with Crippen LogP contribution in [0.2, 0.25) is 0 Å². The molecule has 11 heteroatoms. The van der Waals surface area contributed by atoms with Crippen LogP contribution in [0.1, 0.15) is 12.8 Å². The highest BCUT2D eigenvalue weighted by atomic mass is 16.8. The minimum Gasteiger partial charge on any atom is -0.492 e. The molecule has 0 unspecified atom stereocenters. The number of rotatable bonds is 9. The molecule has 11 nitrogen and oxygen atoms in total. The third kappa shape index (κ3) is 7.27. The van der Waals surface area contributed by atoms with E-state index in [1.54, 1.807) is 7.05 Å². The van der Waals surface area contributed by atoms with Crippen LogP contribution in [0.5, 0.6) is 11.8 Å². The predicted octanol–water partition coefficient (Wildman–Crippen LogP) is -1.54. The molecule has 1 fully saturated rings. The topological polar surface area (TPSA) is 128 Å². The lowest BCUT2D eigenvalue weighted by Gasteiger charge is -2.31. The number of hydrogen-bond donors (Lipinski definition) is 3. The highest BCUT2D eigenvalue weighted by Gasteiger charge is 2.18. The molecule has 0 radical (unpaired) electrons. The molecule has 0 aromatic carbocycles. The molecule has 1 saturated heterocycles. The van der Waals surface area contributed by atoms with Gasteiger partial charge in [0.25, 0.3) is 0 Å². The van der Waals surface area contributed by atoms with E-state index in [4.69, 9.17) is 4.84 Å². The van der Waals surface area contributed by atoms with Crippen LogP contribution in [0.3, 0.4) is 0 Å². The molecule has 1 aliphatic heterocycles. The summed E-state index contributed by atoms with van der Waals surface area (Å²) in [5.41, 5.74) is 0. The third-order valence-electron chi connectivity index (χ3n) is 4.69. The Morgan fingerprint density at radius 3 is 2.34 bits per heavy atom. The molecule has 0 saturated carbocycles. The maximum absolute atomic E-state index is 12.1. The summed E-state index contributed by atoms with van der Waals surface area (Å²) in [5.74, 6) is -1.98. The van der Waals surface area contributed by atoms with Gasteiger partial charge >= 0.3 is 5.97 Å².